The molecule has 0 unspecified atom stereocenters. The number of carbonyl (C=O) groups is 2. The second kappa shape index (κ2) is 9.38. The molecule has 0 bridgehead atoms. The SMILES string of the molecule is COc1ccc(C(=O)Nc2nc(CC(=O)Nc3cccc(SC)c3)cs2)cc1. The van der Waals surface area contributed by atoms with Crippen LogP contribution in [0.1, 0.15) is 16.1 Å². The van der Waals surface area contributed by atoms with Crippen molar-refractivity contribution in [2.24, 2.45) is 0 Å². The van der Waals surface area contributed by atoms with Gasteiger partial charge in [0.25, 0.3) is 5.91 Å². The van der Waals surface area contributed by atoms with Gasteiger partial charge in [-0.2, -0.15) is 0 Å². The molecule has 0 saturated heterocycles. The van der Waals surface area contributed by atoms with Crippen molar-refractivity contribution in [3.05, 3.63) is 65.2 Å². The topological polar surface area (TPSA) is 80.3 Å². The Kier molecular flexibility index (Phi) is 6.67. The Labute approximate surface area is 171 Å². The molecule has 0 aliphatic heterocycles. The Bertz CT molecular complexity index is 971. The zero-order valence-corrected chi connectivity index (χ0v) is 17.0. The fraction of sp³-hybridized carbons (Fsp3) is 0.150. The number of anilines is 2. The maximum Gasteiger partial charge on any atom is 0.257 e. The number of nitrogens with one attached hydrogen (secondary N) is 2. The zero-order chi connectivity index (χ0) is 19.9. The summed E-state index contributed by atoms with van der Waals surface area (Å²) in [5.74, 6) is 0.264. The average molecular weight is 414 g/mol. The highest BCUT2D eigenvalue weighted by Gasteiger charge is 2.12. The maximum atomic E-state index is 12.3. The lowest BCUT2D eigenvalue weighted by Crippen LogP contribution is -2.15. The fourth-order valence-corrected chi connectivity index (χ4v) is 3.59. The third-order valence-electron chi connectivity index (χ3n) is 3.82. The quantitative estimate of drug-likeness (QED) is 0.564. The molecule has 0 radical (unpaired) electrons. The normalized spacial score (nSPS) is 10.4. The highest BCUT2D eigenvalue weighted by Crippen LogP contribution is 2.20. The van der Waals surface area contributed by atoms with Gasteiger partial charge in [0, 0.05) is 21.5 Å². The van der Waals surface area contributed by atoms with Crippen LogP contribution < -0.4 is 15.4 Å². The van der Waals surface area contributed by atoms with Crippen LogP contribution in [0.25, 0.3) is 0 Å². The van der Waals surface area contributed by atoms with Crippen LogP contribution in [0.15, 0.2) is 58.8 Å². The number of hydrogen-bond acceptors (Lipinski definition) is 6. The lowest BCUT2D eigenvalue weighted by molar-refractivity contribution is -0.115. The summed E-state index contributed by atoms with van der Waals surface area (Å²) in [6, 6.07) is 14.5. The minimum Gasteiger partial charge on any atom is -0.497 e. The number of benzene rings is 2. The zero-order valence-electron chi connectivity index (χ0n) is 15.4. The van der Waals surface area contributed by atoms with Crippen LogP contribution in [0, 0.1) is 0 Å². The molecule has 0 aliphatic rings. The van der Waals surface area contributed by atoms with E-state index < -0.39 is 0 Å². The van der Waals surface area contributed by atoms with Crippen LogP contribution in [-0.2, 0) is 11.2 Å². The summed E-state index contributed by atoms with van der Waals surface area (Å²) < 4.78 is 5.08. The number of hydrogen-bond donors (Lipinski definition) is 2. The number of nitrogens with zero attached hydrogens (tertiary/aromatic N) is 1. The Morgan fingerprint density at radius 2 is 1.93 bits per heavy atom. The molecule has 2 amide bonds. The summed E-state index contributed by atoms with van der Waals surface area (Å²) >= 11 is 2.90. The highest BCUT2D eigenvalue weighted by atomic mass is 32.2. The number of rotatable bonds is 7. The van der Waals surface area contributed by atoms with E-state index in [1.165, 1.54) is 11.3 Å². The van der Waals surface area contributed by atoms with Crippen LogP contribution in [-0.4, -0.2) is 30.2 Å². The molecule has 3 aromatic rings. The van der Waals surface area contributed by atoms with Gasteiger partial charge in [-0.15, -0.1) is 23.1 Å². The molecule has 1 aromatic heterocycles. The van der Waals surface area contributed by atoms with Crippen LogP contribution in [0.3, 0.4) is 0 Å². The molecule has 8 heteroatoms. The van der Waals surface area contributed by atoms with Gasteiger partial charge >= 0.3 is 0 Å². The summed E-state index contributed by atoms with van der Waals surface area (Å²) in [6.07, 6.45) is 2.12. The molecule has 2 aromatic carbocycles. The van der Waals surface area contributed by atoms with E-state index in [4.69, 9.17) is 4.74 Å². The molecule has 3 rings (SSSR count). The first kappa shape index (κ1) is 19.9. The molecular formula is C20H19N3O3S2. The van der Waals surface area contributed by atoms with Crippen LogP contribution in [0.4, 0.5) is 10.8 Å². The maximum absolute atomic E-state index is 12.3. The third-order valence-corrected chi connectivity index (χ3v) is 5.35. The molecule has 0 saturated carbocycles. The van der Waals surface area contributed by atoms with Gasteiger partial charge in [-0.25, -0.2) is 4.98 Å². The third kappa shape index (κ3) is 5.34. The second-order valence-electron chi connectivity index (χ2n) is 5.78. The number of ether oxygens (including phenoxy) is 1. The largest absolute Gasteiger partial charge is 0.497 e. The van der Waals surface area contributed by atoms with Gasteiger partial charge in [-0.05, 0) is 48.7 Å². The van der Waals surface area contributed by atoms with Crippen LogP contribution in [0.5, 0.6) is 5.75 Å². The molecule has 28 heavy (non-hydrogen) atoms. The molecule has 144 valence electrons. The summed E-state index contributed by atoms with van der Waals surface area (Å²) in [5, 5.41) is 7.83. The summed E-state index contributed by atoms with van der Waals surface area (Å²) in [6.45, 7) is 0. The first-order valence-electron chi connectivity index (χ1n) is 8.41. The van der Waals surface area contributed by atoms with Crippen molar-refractivity contribution < 1.29 is 14.3 Å². The monoisotopic (exact) mass is 413 g/mol. The summed E-state index contributed by atoms with van der Waals surface area (Å²) in [4.78, 5) is 29.9. The molecule has 0 atom stereocenters. The van der Waals surface area contributed by atoms with E-state index in [1.807, 2.05) is 30.5 Å². The van der Waals surface area contributed by atoms with Crippen molar-refractivity contribution >= 4 is 45.7 Å². The predicted molar refractivity (Wildman–Crippen MR) is 114 cm³/mol. The summed E-state index contributed by atoms with van der Waals surface area (Å²) in [5.41, 5.74) is 1.86. The number of thioether (sulfide) groups is 1. The van der Waals surface area contributed by atoms with E-state index in [0.717, 1.165) is 10.6 Å². The van der Waals surface area contributed by atoms with Gasteiger partial charge < -0.3 is 10.1 Å². The Morgan fingerprint density at radius 3 is 2.64 bits per heavy atom. The van der Waals surface area contributed by atoms with Crippen molar-refractivity contribution in [2.45, 2.75) is 11.3 Å². The summed E-state index contributed by atoms with van der Waals surface area (Å²) in [7, 11) is 1.57. The van der Waals surface area contributed by atoms with E-state index in [9.17, 15) is 9.59 Å². The second-order valence-corrected chi connectivity index (χ2v) is 7.52. The molecule has 2 N–H and O–H groups in total. The van der Waals surface area contributed by atoms with E-state index in [2.05, 4.69) is 15.6 Å². The van der Waals surface area contributed by atoms with E-state index in [1.54, 1.807) is 48.5 Å². The highest BCUT2D eigenvalue weighted by molar-refractivity contribution is 7.98. The van der Waals surface area contributed by atoms with Crippen LogP contribution in [0.2, 0.25) is 0 Å². The standard InChI is InChI=1S/C20H19N3O3S2/c1-26-16-8-6-13(7-9-16)19(25)23-20-22-15(12-28-20)11-18(24)21-14-4-3-5-17(10-14)27-2/h3-10,12H,11H2,1-2H3,(H,21,24)(H,22,23,25). The smallest absolute Gasteiger partial charge is 0.257 e. The van der Waals surface area contributed by atoms with Gasteiger partial charge in [-0.3, -0.25) is 14.9 Å². The van der Waals surface area contributed by atoms with Crippen molar-refractivity contribution in [3.8, 4) is 5.75 Å². The number of amides is 2. The van der Waals surface area contributed by atoms with Crippen molar-refractivity contribution in [1.29, 1.82) is 0 Å². The predicted octanol–water partition coefficient (Wildman–Crippen LogP) is 4.31. The molecule has 6 nitrogen and oxygen atoms in total. The Hall–Kier alpha value is -2.84. The van der Waals surface area contributed by atoms with E-state index in [0.29, 0.717) is 22.1 Å². The van der Waals surface area contributed by atoms with Gasteiger partial charge in [0.1, 0.15) is 5.75 Å². The number of methoxy groups -OCH3 is 1. The lowest BCUT2D eigenvalue weighted by Gasteiger charge is -2.05. The molecule has 0 fully saturated rings. The lowest BCUT2D eigenvalue weighted by atomic mass is 10.2. The molecular weight excluding hydrogens is 394 g/mol. The van der Waals surface area contributed by atoms with Gasteiger partial charge in [0.15, 0.2) is 5.13 Å². The molecule has 0 aliphatic carbocycles. The fourth-order valence-electron chi connectivity index (χ4n) is 2.43. The van der Waals surface area contributed by atoms with Gasteiger partial charge in [0.2, 0.25) is 5.91 Å². The number of aromatic nitrogens is 1. The minimum absolute atomic E-state index is 0.137. The van der Waals surface area contributed by atoms with E-state index in [-0.39, 0.29) is 18.2 Å². The van der Waals surface area contributed by atoms with Crippen molar-refractivity contribution in [2.75, 3.05) is 24.0 Å². The van der Waals surface area contributed by atoms with Gasteiger partial charge in [0.05, 0.1) is 19.2 Å². The van der Waals surface area contributed by atoms with Crippen LogP contribution >= 0.6 is 23.1 Å². The van der Waals surface area contributed by atoms with Crippen molar-refractivity contribution in [1.82, 2.24) is 4.98 Å². The number of thiazole rings is 1. The van der Waals surface area contributed by atoms with E-state index >= 15 is 0 Å². The van der Waals surface area contributed by atoms with Gasteiger partial charge in [-0.1, -0.05) is 6.07 Å². The average Bonchev–Trinajstić information content (AvgIpc) is 3.14. The minimum atomic E-state index is -0.262. The first-order valence-corrected chi connectivity index (χ1v) is 10.5. The first-order chi connectivity index (χ1) is 13.6. The number of carbonyl (C=O) groups excluding carboxylic acids is 2. The van der Waals surface area contributed by atoms with Crippen molar-refractivity contribution in [3.63, 3.8) is 0 Å². The molecule has 1 heterocycles. The Balaban J connectivity index is 1.57. The molecule has 0 spiro atoms. The Morgan fingerprint density at radius 1 is 1.14 bits per heavy atom.